The molecule has 2 N–H and O–H groups in total. The molecule has 0 unspecified atom stereocenters. The molecule has 0 radical (unpaired) electrons. The highest BCUT2D eigenvalue weighted by atomic mass is 32.2. The Morgan fingerprint density at radius 1 is 1.00 bits per heavy atom. The van der Waals surface area contributed by atoms with Crippen molar-refractivity contribution in [3.05, 3.63) is 71.8 Å². The quantitative estimate of drug-likeness (QED) is 0.735. The zero-order chi connectivity index (χ0) is 20.2. The fourth-order valence-corrected chi connectivity index (χ4v) is 3.00. The second-order valence-electron chi connectivity index (χ2n) is 5.57. The molecule has 0 saturated carbocycles. The summed E-state index contributed by atoms with van der Waals surface area (Å²) in [5.41, 5.74) is 2.01. The Labute approximate surface area is 162 Å². The van der Waals surface area contributed by atoms with Gasteiger partial charge in [0.1, 0.15) is 6.07 Å². The zero-order valence-corrected chi connectivity index (χ0v) is 15.8. The monoisotopic (exact) mass is 384 g/mol. The first-order chi connectivity index (χ1) is 12.8. The molecule has 0 aromatic heterocycles. The predicted octanol–water partition coefficient (Wildman–Crippen LogP) is 3.48. The minimum atomic E-state index is -1.26. The molecule has 140 valence electrons. The van der Waals surface area contributed by atoms with Gasteiger partial charge < -0.3 is 15.1 Å². The molecule has 0 spiro atoms. The first-order valence-corrected chi connectivity index (χ1v) is 8.68. The number of hydrogen-bond acceptors (Lipinski definition) is 5. The van der Waals surface area contributed by atoms with Gasteiger partial charge in [-0.2, -0.15) is 5.26 Å². The van der Waals surface area contributed by atoms with Crippen LogP contribution >= 0.6 is 11.8 Å². The third-order valence-corrected chi connectivity index (χ3v) is 4.25. The Bertz CT molecular complexity index is 841. The van der Waals surface area contributed by atoms with Crippen molar-refractivity contribution in [2.75, 3.05) is 14.1 Å². The number of nitriles is 1. The van der Waals surface area contributed by atoms with E-state index in [1.807, 2.05) is 30.3 Å². The number of carbonyl (C=O) groups is 2. The summed E-state index contributed by atoms with van der Waals surface area (Å²) in [5, 5.41) is 24.8. The molecule has 0 heterocycles. The number of benzene rings is 2. The van der Waals surface area contributed by atoms with Gasteiger partial charge in [0.2, 0.25) is 0 Å². The van der Waals surface area contributed by atoms with Crippen LogP contribution in [0, 0.1) is 11.3 Å². The van der Waals surface area contributed by atoms with Crippen molar-refractivity contribution in [3.8, 4) is 6.07 Å². The summed E-state index contributed by atoms with van der Waals surface area (Å²) in [4.78, 5) is 23.5. The highest BCUT2D eigenvalue weighted by molar-refractivity contribution is 7.99. The van der Waals surface area contributed by atoms with Crippen LogP contribution in [0.3, 0.4) is 0 Å². The first-order valence-electron chi connectivity index (χ1n) is 7.87. The summed E-state index contributed by atoms with van der Waals surface area (Å²) in [5.74, 6) is -2.51. The van der Waals surface area contributed by atoms with Crippen LogP contribution in [0.5, 0.6) is 0 Å². The fourth-order valence-electron chi connectivity index (χ4n) is 1.98. The van der Waals surface area contributed by atoms with Gasteiger partial charge in [-0.25, -0.2) is 9.59 Å². The molecule has 0 atom stereocenters. The molecule has 0 aliphatic rings. The Morgan fingerprint density at radius 2 is 1.52 bits per heavy atom. The van der Waals surface area contributed by atoms with Gasteiger partial charge >= 0.3 is 11.9 Å². The lowest BCUT2D eigenvalue weighted by molar-refractivity contribution is -0.134. The second-order valence-corrected chi connectivity index (χ2v) is 6.65. The van der Waals surface area contributed by atoms with Crippen molar-refractivity contribution in [2.24, 2.45) is 0 Å². The van der Waals surface area contributed by atoms with Crippen LogP contribution in [-0.4, -0.2) is 41.1 Å². The SMILES string of the molecule is CN(C)Cc1ccccc1Sc1ccccc1C#N.O=C(O)/C=C\C(=O)O. The van der Waals surface area contributed by atoms with Gasteiger partial charge in [-0.05, 0) is 37.9 Å². The van der Waals surface area contributed by atoms with Crippen LogP contribution in [0.4, 0.5) is 0 Å². The van der Waals surface area contributed by atoms with Crippen molar-refractivity contribution < 1.29 is 19.8 Å². The lowest BCUT2D eigenvalue weighted by atomic mass is 10.2. The summed E-state index contributed by atoms with van der Waals surface area (Å²) < 4.78 is 0. The first kappa shape index (κ1) is 22.0. The molecule has 27 heavy (non-hydrogen) atoms. The van der Waals surface area contributed by atoms with E-state index in [4.69, 9.17) is 15.5 Å². The van der Waals surface area contributed by atoms with E-state index in [-0.39, 0.29) is 0 Å². The van der Waals surface area contributed by atoms with Gasteiger partial charge in [0.15, 0.2) is 0 Å². The van der Waals surface area contributed by atoms with E-state index in [0.717, 1.165) is 17.0 Å². The molecule has 7 heteroatoms. The molecule has 2 rings (SSSR count). The minimum absolute atomic E-state index is 0.558. The Kier molecular flexibility index (Phi) is 9.37. The van der Waals surface area contributed by atoms with Crippen molar-refractivity contribution in [3.63, 3.8) is 0 Å². The van der Waals surface area contributed by atoms with Gasteiger partial charge in [0.05, 0.1) is 5.56 Å². The fraction of sp³-hybridized carbons (Fsp3) is 0.150. The standard InChI is InChI=1S/C16H16N2S.C4H4O4/c1-18(2)12-14-8-4-6-10-16(14)19-15-9-5-3-7-13(15)11-17;5-3(6)1-2-4(7)8/h3-10H,12H2,1-2H3;1-2H,(H,5,6)(H,7,8)/b;2-1-. The third-order valence-electron chi connectivity index (χ3n) is 3.06. The lowest BCUT2D eigenvalue weighted by Gasteiger charge is -2.14. The van der Waals surface area contributed by atoms with Crippen LogP contribution in [-0.2, 0) is 16.1 Å². The molecule has 6 nitrogen and oxygen atoms in total. The number of carboxylic acid groups (broad SMARTS) is 2. The van der Waals surface area contributed by atoms with Gasteiger partial charge in [0.25, 0.3) is 0 Å². The molecule has 2 aromatic rings. The molecular weight excluding hydrogens is 364 g/mol. The van der Waals surface area contributed by atoms with E-state index in [9.17, 15) is 9.59 Å². The van der Waals surface area contributed by atoms with Gasteiger partial charge in [0, 0.05) is 28.5 Å². The third kappa shape index (κ3) is 8.72. The van der Waals surface area contributed by atoms with Gasteiger partial charge in [-0.3, -0.25) is 0 Å². The van der Waals surface area contributed by atoms with E-state index in [2.05, 4.69) is 43.3 Å². The van der Waals surface area contributed by atoms with E-state index < -0.39 is 11.9 Å². The Hall–Kier alpha value is -3.08. The largest absolute Gasteiger partial charge is 0.478 e. The number of aliphatic carboxylic acids is 2. The average Bonchev–Trinajstić information content (AvgIpc) is 2.62. The van der Waals surface area contributed by atoms with E-state index in [0.29, 0.717) is 12.2 Å². The van der Waals surface area contributed by atoms with E-state index in [1.54, 1.807) is 11.8 Å². The topological polar surface area (TPSA) is 102 Å². The van der Waals surface area contributed by atoms with Crippen LogP contribution in [0.15, 0.2) is 70.5 Å². The van der Waals surface area contributed by atoms with Crippen molar-refractivity contribution in [1.29, 1.82) is 5.26 Å². The molecule has 0 bridgehead atoms. The smallest absolute Gasteiger partial charge is 0.328 e. The maximum atomic E-state index is 9.55. The summed E-state index contributed by atoms with van der Waals surface area (Å²) >= 11 is 1.66. The summed E-state index contributed by atoms with van der Waals surface area (Å²) in [6.45, 7) is 0.901. The maximum Gasteiger partial charge on any atom is 0.328 e. The highest BCUT2D eigenvalue weighted by Crippen LogP contribution is 2.32. The summed E-state index contributed by atoms with van der Waals surface area (Å²) in [6.07, 6.45) is 1.12. The molecule has 0 aliphatic carbocycles. The molecule has 0 saturated heterocycles. The average molecular weight is 384 g/mol. The lowest BCUT2D eigenvalue weighted by Crippen LogP contribution is -2.11. The number of carboxylic acids is 2. The second kappa shape index (κ2) is 11.5. The molecule has 0 aliphatic heterocycles. The van der Waals surface area contributed by atoms with Gasteiger partial charge in [-0.1, -0.05) is 42.1 Å². The van der Waals surface area contributed by atoms with Crippen LogP contribution in [0.1, 0.15) is 11.1 Å². The Balaban J connectivity index is 0.000000387. The predicted molar refractivity (Wildman–Crippen MR) is 104 cm³/mol. The van der Waals surface area contributed by atoms with Crippen molar-refractivity contribution in [2.45, 2.75) is 16.3 Å². The maximum absolute atomic E-state index is 9.55. The molecular formula is C20H20N2O4S. The molecule has 0 amide bonds. The van der Waals surface area contributed by atoms with Gasteiger partial charge in [-0.15, -0.1) is 0 Å². The van der Waals surface area contributed by atoms with Crippen LogP contribution in [0.2, 0.25) is 0 Å². The van der Waals surface area contributed by atoms with Crippen LogP contribution < -0.4 is 0 Å². The van der Waals surface area contributed by atoms with Crippen molar-refractivity contribution in [1.82, 2.24) is 4.90 Å². The Morgan fingerprint density at radius 3 is 2.04 bits per heavy atom. The minimum Gasteiger partial charge on any atom is -0.478 e. The molecule has 0 fully saturated rings. The number of rotatable bonds is 6. The summed E-state index contributed by atoms with van der Waals surface area (Å²) in [7, 11) is 4.12. The number of nitrogens with zero attached hydrogens (tertiary/aromatic N) is 2. The van der Waals surface area contributed by atoms with Crippen molar-refractivity contribution >= 4 is 23.7 Å². The van der Waals surface area contributed by atoms with E-state index >= 15 is 0 Å². The normalized spacial score (nSPS) is 10.1. The summed E-state index contributed by atoms with van der Waals surface area (Å²) in [6, 6.07) is 18.3. The van der Waals surface area contributed by atoms with E-state index in [1.165, 1.54) is 10.5 Å². The number of hydrogen-bond donors (Lipinski definition) is 2. The molecule has 2 aromatic carbocycles. The zero-order valence-electron chi connectivity index (χ0n) is 15.0. The highest BCUT2D eigenvalue weighted by Gasteiger charge is 2.07. The van der Waals surface area contributed by atoms with Crippen LogP contribution in [0.25, 0.3) is 0 Å².